The minimum atomic E-state index is -0.825. The summed E-state index contributed by atoms with van der Waals surface area (Å²) in [5, 5.41) is 9.44. The SMILES string of the molecule is CC(C)(C)CCCC(=O)N1C(C(=O)O)CC2CCCCC21. The van der Waals surface area contributed by atoms with Crippen molar-refractivity contribution in [3.63, 3.8) is 0 Å². The number of aliphatic carboxylic acids is 1. The van der Waals surface area contributed by atoms with Gasteiger partial charge in [-0.15, -0.1) is 0 Å². The molecular weight excluding hydrogens is 266 g/mol. The molecule has 120 valence electrons. The molecule has 21 heavy (non-hydrogen) atoms. The molecule has 4 nitrogen and oxygen atoms in total. The number of carboxylic acid groups (broad SMARTS) is 1. The number of hydrogen-bond donors (Lipinski definition) is 1. The van der Waals surface area contributed by atoms with Gasteiger partial charge in [0.05, 0.1) is 0 Å². The molecular formula is C17H29NO3. The van der Waals surface area contributed by atoms with Crippen molar-refractivity contribution in [3.8, 4) is 0 Å². The molecule has 2 fully saturated rings. The first-order valence-corrected chi connectivity index (χ1v) is 8.33. The molecule has 1 saturated heterocycles. The average Bonchev–Trinajstić information content (AvgIpc) is 2.76. The number of carbonyl (C=O) groups excluding carboxylic acids is 1. The van der Waals surface area contributed by atoms with Crippen LogP contribution in [0, 0.1) is 11.3 Å². The second-order valence-corrected chi connectivity index (χ2v) is 7.92. The Labute approximate surface area is 127 Å². The van der Waals surface area contributed by atoms with Crippen LogP contribution in [-0.2, 0) is 9.59 Å². The largest absolute Gasteiger partial charge is 0.480 e. The van der Waals surface area contributed by atoms with Crippen molar-refractivity contribution in [2.24, 2.45) is 11.3 Å². The second-order valence-electron chi connectivity index (χ2n) is 7.92. The zero-order chi connectivity index (χ0) is 15.6. The normalized spacial score (nSPS) is 29.3. The van der Waals surface area contributed by atoms with E-state index in [1.807, 2.05) is 0 Å². The van der Waals surface area contributed by atoms with E-state index in [1.54, 1.807) is 4.90 Å². The first kappa shape index (κ1) is 16.3. The van der Waals surface area contributed by atoms with Crippen molar-refractivity contribution < 1.29 is 14.7 Å². The fraction of sp³-hybridized carbons (Fsp3) is 0.882. The first-order chi connectivity index (χ1) is 9.79. The van der Waals surface area contributed by atoms with Crippen LogP contribution in [0.25, 0.3) is 0 Å². The first-order valence-electron chi connectivity index (χ1n) is 8.33. The van der Waals surface area contributed by atoms with Gasteiger partial charge in [-0.2, -0.15) is 0 Å². The van der Waals surface area contributed by atoms with Crippen molar-refractivity contribution in [1.82, 2.24) is 4.90 Å². The Morgan fingerprint density at radius 2 is 1.86 bits per heavy atom. The van der Waals surface area contributed by atoms with Crippen LogP contribution in [0.1, 0.15) is 72.1 Å². The number of carbonyl (C=O) groups is 2. The van der Waals surface area contributed by atoms with Gasteiger partial charge in [0.1, 0.15) is 6.04 Å². The molecule has 0 radical (unpaired) electrons. The summed E-state index contributed by atoms with van der Waals surface area (Å²) in [7, 11) is 0. The zero-order valence-electron chi connectivity index (χ0n) is 13.6. The predicted octanol–water partition coefficient (Wildman–Crippen LogP) is 3.45. The van der Waals surface area contributed by atoms with E-state index in [0.717, 1.165) is 32.1 Å². The summed E-state index contributed by atoms with van der Waals surface area (Å²) in [4.78, 5) is 25.8. The number of carboxylic acids is 1. The highest BCUT2D eigenvalue weighted by molar-refractivity contribution is 5.84. The Morgan fingerprint density at radius 3 is 2.48 bits per heavy atom. The highest BCUT2D eigenvalue weighted by Crippen LogP contribution is 2.40. The Balaban J connectivity index is 2.00. The highest BCUT2D eigenvalue weighted by atomic mass is 16.4. The number of hydrogen-bond acceptors (Lipinski definition) is 2. The van der Waals surface area contributed by atoms with Crippen LogP contribution < -0.4 is 0 Å². The Hall–Kier alpha value is -1.06. The smallest absolute Gasteiger partial charge is 0.326 e. The van der Waals surface area contributed by atoms with Crippen LogP contribution in [0.2, 0.25) is 0 Å². The predicted molar refractivity (Wildman–Crippen MR) is 81.9 cm³/mol. The summed E-state index contributed by atoms with van der Waals surface area (Å²) < 4.78 is 0. The zero-order valence-corrected chi connectivity index (χ0v) is 13.6. The van der Waals surface area contributed by atoms with Crippen LogP contribution in [0.15, 0.2) is 0 Å². The lowest BCUT2D eigenvalue weighted by Gasteiger charge is -2.33. The van der Waals surface area contributed by atoms with Gasteiger partial charge in [-0.25, -0.2) is 4.79 Å². The summed E-state index contributed by atoms with van der Waals surface area (Å²) in [6.07, 6.45) is 7.37. The highest BCUT2D eigenvalue weighted by Gasteiger charge is 2.47. The monoisotopic (exact) mass is 295 g/mol. The van der Waals surface area contributed by atoms with Crippen molar-refractivity contribution in [1.29, 1.82) is 0 Å². The van der Waals surface area contributed by atoms with Crippen molar-refractivity contribution in [2.45, 2.75) is 84.2 Å². The minimum Gasteiger partial charge on any atom is -0.480 e. The van der Waals surface area contributed by atoms with Crippen molar-refractivity contribution >= 4 is 11.9 Å². The average molecular weight is 295 g/mol. The summed E-state index contributed by atoms with van der Waals surface area (Å²) in [5.74, 6) is -0.360. The van der Waals surface area contributed by atoms with Gasteiger partial charge >= 0.3 is 5.97 Å². The maximum absolute atomic E-state index is 12.6. The Bertz CT molecular complexity index is 399. The lowest BCUT2D eigenvalue weighted by atomic mass is 9.84. The molecule has 3 unspecified atom stereocenters. The van der Waals surface area contributed by atoms with E-state index in [4.69, 9.17) is 0 Å². The van der Waals surface area contributed by atoms with Gasteiger partial charge in [0.25, 0.3) is 0 Å². The van der Waals surface area contributed by atoms with E-state index >= 15 is 0 Å². The van der Waals surface area contributed by atoms with Gasteiger partial charge in [0, 0.05) is 12.5 Å². The molecule has 2 rings (SSSR count). The number of nitrogens with zero attached hydrogens (tertiary/aromatic N) is 1. The minimum absolute atomic E-state index is 0.0565. The molecule has 1 heterocycles. The van der Waals surface area contributed by atoms with Gasteiger partial charge in [-0.1, -0.05) is 33.6 Å². The van der Waals surface area contributed by atoms with Crippen LogP contribution in [-0.4, -0.2) is 34.0 Å². The van der Waals surface area contributed by atoms with E-state index in [9.17, 15) is 14.7 Å². The van der Waals surface area contributed by atoms with Crippen molar-refractivity contribution in [2.75, 3.05) is 0 Å². The molecule has 3 atom stereocenters. The summed E-state index contributed by atoms with van der Waals surface area (Å²) in [5.41, 5.74) is 0.227. The maximum Gasteiger partial charge on any atom is 0.326 e. The molecule has 1 aliphatic carbocycles. The third-order valence-corrected chi connectivity index (χ3v) is 4.98. The molecule has 0 spiro atoms. The Kier molecular flexibility index (Phi) is 4.95. The van der Waals surface area contributed by atoms with E-state index in [2.05, 4.69) is 20.8 Å². The molecule has 0 aromatic rings. The quantitative estimate of drug-likeness (QED) is 0.864. The summed E-state index contributed by atoms with van der Waals surface area (Å²) in [6.45, 7) is 6.51. The van der Waals surface area contributed by atoms with E-state index in [0.29, 0.717) is 18.8 Å². The number of likely N-dealkylation sites (tertiary alicyclic amines) is 1. The number of rotatable bonds is 4. The fourth-order valence-electron chi connectivity index (χ4n) is 3.94. The van der Waals surface area contributed by atoms with Gasteiger partial charge in [0.15, 0.2) is 0 Å². The Morgan fingerprint density at radius 1 is 1.19 bits per heavy atom. The lowest BCUT2D eigenvalue weighted by Crippen LogP contribution is -2.46. The molecule has 4 heteroatoms. The fourth-order valence-corrected chi connectivity index (χ4v) is 3.94. The molecule has 1 amide bonds. The van der Waals surface area contributed by atoms with E-state index in [1.165, 1.54) is 6.42 Å². The van der Waals surface area contributed by atoms with Crippen LogP contribution >= 0.6 is 0 Å². The molecule has 1 saturated carbocycles. The van der Waals surface area contributed by atoms with Gasteiger partial charge in [-0.05, 0) is 43.4 Å². The van der Waals surface area contributed by atoms with Crippen LogP contribution in [0.3, 0.4) is 0 Å². The molecule has 0 aromatic carbocycles. The van der Waals surface area contributed by atoms with E-state index < -0.39 is 12.0 Å². The molecule has 2 aliphatic rings. The van der Waals surface area contributed by atoms with Crippen LogP contribution in [0.5, 0.6) is 0 Å². The topological polar surface area (TPSA) is 57.6 Å². The van der Waals surface area contributed by atoms with E-state index in [-0.39, 0.29) is 17.4 Å². The summed E-state index contributed by atoms with van der Waals surface area (Å²) >= 11 is 0. The standard InChI is InChI=1S/C17H29NO3/c1-17(2,3)10-6-9-15(19)18-13-8-5-4-7-12(13)11-14(18)16(20)21/h12-14H,4-11H2,1-3H3,(H,20,21). The molecule has 1 aliphatic heterocycles. The van der Waals surface area contributed by atoms with Gasteiger partial charge in [0.2, 0.25) is 5.91 Å². The molecule has 1 N–H and O–H groups in total. The third-order valence-electron chi connectivity index (χ3n) is 4.98. The summed E-state index contributed by atoms with van der Waals surface area (Å²) in [6, 6.07) is -0.401. The second kappa shape index (κ2) is 6.37. The van der Waals surface area contributed by atoms with Gasteiger partial charge in [-0.3, -0.25) is 4.79 Å². The van der Waals surface area contributed by atoms with Crippen LogP contribution in [0.4, 0.5) is 0 Å². The number of amides is 1. The van der Waals surface area contributed by atoms with Gasteiger partial charge < -0.3 is 10.0 Å². The third kappa shape index (κ3) is 3.98. The maximum atomic E-state index is 12.6. The molecule has 0 bridgehead atoms. The van der Waals surface area contributed by atoms with Crippen molar-refractivity contribution in [3.05, 3.63) is 0 Å². The lowest BCUT2D eigenvalue weighted by molar-refractivity contribution is -0.150. The molecule has 0 aromatic heterocycles. The number of fused-ring (bicyclic) bond motifs is 1.